The second-order valence-corrected chi connectivity index (χ2v) is 7.05. The summed E-state index contributed by atoms with van der Waals surface area (Å²) in [5.74, 6) is 1.10. The standard InChI is InChI=1S/C17H16N4O2S/c1-17(7-15(21-23-17)22-13-8-18-11-19-9-13)14-10-20-16(24-14)12-5-3-2-4-6-12/h2-6,8-9,11,14H,7,10H2,1H3/t14?,17-/m0/s1. The molecule has 0 saturated heterocycles. The van der Waals surface area contributed by atoms with Crippen LogP contribution in [0.3, 0.4) is 0 Å². The van der Waals surface area contributed by atoms with Crippen LogP contribution in [0.5, 0.6) is 5.75 Å². The van der Waals surface area contributed by atoms with Gasteiger partial charge in [0.15, 0.2) is 11.4 Å². The van der Waals surface area contributed by atoms with E-state index in [4.69, 9.17) is 9.57 Å². The minimum Gasteiger partial charge on any atom is -0.436 e. The topological polar surface area (TPSA) is 69.0 Å². The molecule has 4 rings (SSSR count). The fraction of sp³-hybridized carbons (Fsp3) is 0.294. The van der Waals surface area contributed by atoms with Gasteiger partial charge >= 0.3 is 0 Å². The summed E-state index contributed by atoms with van der Waals surface area (Å²) in [5.41, 5.74) is 0.709. The highest BCUT2D eigenvalue weighted by atomic mass is 32.2. The third kappa shape index (κ3) is 2.99. The van der Waals surface area contributed by atoms with Crippen molar-refractivity contribution in [3.63, 3.8) is 0 Å². The molecule has 122 valence electrons. The van der Waals surface area contributed by atoms with Gasteiger partial charge < -0.3 is 9.57 Å². The average molecular weight is 340 g/mol. The third-order valence-corrected chi connectivity index (χ3v) is 5.51. The minimum absolute atomic E-state index is 0.199. The van der Waals surface area contributed by atoms with Gasteiger partial charge in [0.1, 0.15) is 6.33 Å². The summed E-state index contributed by atoms with van der Waals surface area (Å²) >= 11 is 1.74. The Bertz CT molecular complexity index is 782. The van der Waals surface area contributed by atoms with Gasteiger partial charge in [-0.05, 0) is 6.92 Å². The summed E-state index contributed by atoms with van der Waals surface area (Å²) in [7, 11) is 0. The molecule has 0 radical (unpaired) electrons. The summed E-state index contributed by atoms with van der Waals surface area (Å²) in [6.07, 6.45) is 5.26. The molecule has 2 atom stereocenters. The molecule has 0 N–H and O–H groups in total. The van der Waals surface area contributed by atoms with E-state index in [9.17, 15) is 0 Å². The van der Waals surface area contributed by atoms with E-state index in [1.807, 2.05) is 18.2 Å². The van der Waals surface area contributed by atoms with E-state index in [-0.39, 0.29) is 5.25 Å². The molecule has 0 amide bonds. The fourth-order valence-electron chi connectivity index (χ4n) is 2.65. The van der Waals surface area contributed by atoms with Crippen LogP contribution in [0.15, 0.2) is 59.2 Å². The van der Waals surface area contributed by atoms with Crippen molar-refractivity contribution < 1.29 is 9.57 Å². The zero-order valence-electron chi connectivity index (χ0n) is 13.1. The van der Waals surface area contributed by atoms with Crippen LogP contribution in [-0.2, 0) is 4.84 Å². The lowest BCUT2D eigenvalue weighted by atomic mass is 9.98. The highest BCUT2D eigenvalue weighted by Crippen LogP contribution is 2.39. The number of ether oxygens (including phenoxy) is 1. The molecule has 0 bridgehead atoms. The van der Waals surface area contributed by atoms with Gasteiger partial charge in [0.25, 0.3) is 0 Å². The number of benzene rings is 1. The SMILES string of the molecule is C[C@@]1(C2CN=C(c3ccccc3)S2)CC(Oc2cncnc2)=NO1. The number of hydrogen-bond acceptors (Lipinski definition) is 7. The lowest BCUT2D eigenvalue weighted by Gasteiger charge is -2.26. The van der Waals surface area contributed by atoms with Crippen LogP contribution in [0, 0.1) is 0 Å². The van der Waals surface area contributed by atoms with Crippen LogP contribution in [0.1, 0.15) is 18.9 Å². The molecule has 0 fully saturated rings. The molecule has 0 aliphatic carbocycles. The number of thioether (sulfide) groups is 1. The third-order valence-electron chi connectivity index (χ3n) is 3.99. The quantitative estimate of drug-likeness (QED) is 0.859. The first-order valence-corrected chi connectivity index (χ1v) is 8.55. The Kier molecular flexibility index (Phi) is 3.93. The monoisotopic (exact) mass is 340 g/mol. The molecule has 2 aliphatic heterocycles. The Morgan fingerprint density at radius 1 is 1.21 bits per heavy atom. The highest BCUT2D eigenvalue weighted by Gasteiger charge is 2.46. The van der Waals surface area contributed by atoms with Crippen LogP contribution in [0.2, 0.25) is 0 Å². The molecule has 6 nitrogen and oxygen atoms in total. The molecule has 1 aromatic carbocycles. The number of aliphatic imine (C=N–C) groups is 1. The Labute approximate surface area is 144 Å². The summed E-state index contributed by atoms with van der Waals surface area (Å²) in [4.78, 5) is 18.3. The van der Waals surface area contributed by atoms with E-state index in [1.54, 1.807) is 24.2 Å². The van der Waals surface area contributed by atoms with Crippen molar-refractivity contribution in [2.45, 2.75) is 24.2 Å². The second kappa shape index (κ2) is 6.24. The fourth-order valence-corrected chi connectivity index (χ4v) is 3.87. The second-order valence-electron chi connectivity index (χ2n) is 5.86. The molecule has 3 heterocycles. The maximum Gasteiger partial charge on any atom is 0.235 e. The van der Waals surface area contributed by atoms with Crippen molar-refractivity contribution >= 4 is 22.7 Å². The van der Waals surface area contributed by atoms with Gasteiger partial charge in [0.2, 0.25) is 5.90 Å². The number of nitrogens with zero attached hydrogens (tertiary/aromatic N) is 4. The van der Waals surface area contributed by atoms with Gasteiger partial charge in [0.05, 0.1) is 35.7 Å². The van der Waals surface area contributed by atoms with E-state index >= 15 is 0 Å². The van der Waals surface area contributed by atoms with Crippen molar-refractivity contribution in [3.8, 4) is 5.75 Å². The van der Waals surface area contributed by atoms with E-state index in [1.165, 1.54) is 6.33 Å². The number of aromatic nitrogens is 2. The summed E-state index contributed by atoms with van der Waals surface area (Å²) < 4.78 is 5.70. The van der Waals surface area contributed by atoms with Gasteiger partial charge in [0, 0.05) is 5.56 Å². The maximum atomic E-state index is 5.72. The van der Waals surface area contributed by atoms with Crippen molar-refractivity contribution in [2.24, 2.45) is 10.1 Å². The summed E-state index contributed by atoms with van der Waals surface area (Å²) in [6.45, 7) is 2.76. The van der Waals surface area contributed by atoms with Crippen LogP contribution in [-0.4, -0.2) is 38.3 Å². The Balaban J connectivity index is 1.40. The molecule has 2 aliphatic rings. The van der Waals surface area contributed by atoms with Crippen molar-refractivity contribution in [2.75, 3.05) is 6.54 Å². The maximum absolute atomic E-state index is 5.72. The zero-order chi connectivity index (χ0) is 16.4. The Morgan fingerprint density at radius 3 is 2.79 bits per heavy atom. The van der Waals surface area contributed by atoms with Crippen molar-refractivity contribution in [1.82, 2.24) is 9.97 Å². The summed E-state index contributed by atoms with van der Waals surface area (Å²) in [6, 6.07) is 10.2. The van der Waals surface area contributed by atoms with Crippen LogP contribution in [0.25, 0.3) is 0 Å². The molecular weight excluding hydrogens is 324 g/mol. The molecule has 0 spiro atoms. The molecule has 0 saturated carbocycles. The molecular formula is C17H16N4O2S. The van der Waals surface area contributed by atoms with Gasteiger partial charge in [-0.15, -0.1) is 0 Å². The van der Waals surface area contributed by atoms with Gasteiger partial charge in [-0.2, -0.15) is 0 Å². The van der Waals surface area contributed by atoms with Gasteiger partial charge in [-0.1, -0.05) is 47.2 Å². The van der Waals surface area contributed by atoms with E-state index in [0.29, 0.717) is 24.6 Å². The largest absolute Gasteiger partial charge is 0.436 e. The van der Waals surface area contributed by atoms with Crippen LogP contribution >= 0.6 is 11.8 Å². The predicted molar refractivity (Wildman–Crippen MR) is 93.4 cm³/mol. The molecule has 1 unspecified atom stereocenters. The minimum atomic E-state index is -0.435. The number of hydrogen-bond donors (Lipinski definition) is 0. The molecule has 2 aromatic rings. The van der Waals surface area contributed by atoms with Gasteiger partial charge in [-0.25, -0.2) is 9.97 Å². The number of rotatable bonds is 3. The van der Waals surface area contributed by atoms with E-state index in [0.717, 1.165) is 10.6 Å². The Hall–Kier alpha value is -2.41. The van der Waals surface area contributed by atoms with Gasteiger partial charge in [-0.3, -0.25) is 4.99 Å². The van der Waals surface area contributed by atoms with Crippen molar-refractivity contribution in [3.05, 3.63) is 54.6 Å². The van der Waals surface area contributed by atoms with E-state index < -0.39 is 5.60 Å². The first-order valence-electron chi connectivity index (χ1n) is 7.67. The molecule has 7 heteroatoms. The molecule has 24 heavy (non-hydrogen) atoms. The first-order chi connectivity index (χ1) is 11.7. The lowest BCUT2D eigenvalue weighted by molar-refractivity contribution is -0.00241. The Morgan fingerprint density at radius 2 is 2.00 bits per heavy atom. The smallest absolute Gasteiger partial charge is 0.235 e. The predicted octanol–water partition coefficient (Wildman–Crippen LogP) is 2.91. The van der Waals surface area contributed by atoms with E-state index in [2.05, 4.69) is 39.2 Å². The summed E-state index contributed by atoms with van der Waals surface area (Å²) in [5, 5.41) is 5.35. The first kappa shape index (κ1) is 15.1. The molecule has 1 aromatic heterocycles. The number of oxime groups is 1. The average Bonchev–Trinajstić information content (AvgIpc) is 3.25. The normalized spacial score (nSPS) is 25.8. The highest BCUT2D eigenvalue weighted by molar-refractivity contribution is 8.15. The zero-order valence-corrected chi connectivity index (χ0v) is 13.9. The van der Waals surface area contributed by atoms with Crippen LogP contribution < -0.4 is 4.74 Å². The van der Waals surface area contributed by atoms with Crippen LogP contribution in [0.4, 0.5) is 0 Å². The lowest BCUT2D eigenvalue weighted by Crippen LogP contribution is -2.38. The van der Waals surface area contributed by atoms with Crippen molar-refractivity contribution in [1.29, 1.82) is 0 Å².